The van der Waals surface area contributed by atoms with Gasteiger partial charge in [-0.1, -0.05) is 0 Å². The molecule has 1 aromatic rings. The molecular weight excluding hydrogens is 234 g/mol. The fourth-order valence-electron chi connectivity index (χ4n) is 1.95. The van der Waals surface area contributed by atoms with Crippen LogP contribution in [0, 0.1) is 6.92 Å². The maximum Gasteiger partial charge on any atom is 0.308 e. The van der Waals surface area contributed by atoms with Gasteiger partial charge in [-0.05, 0) is 30.7 Å². The first kappa shape index (κ1) is 12.3. The molecule has 0 aliphatic carbocycles. The third-order valence-electron chi connectivity index (χ3n) is 2.72. The van der Waals surface area contributed by atoms with Crippen LogP contribution in [-0.4, -0.2) is 17.8 Å². The van der Waals surface area contributed by atoms with Crippen LogP contribution < -0.4 is 9.64 Å². The van der Waals surface area contributed by atoms with E-state index in [1.54, 1.807) is 25.1 Å². The highest BCUT2D eigenvalue weighted by atomic mass is 16.5. The highest BCUT2D eigenvalue weighted by Crippen LogP contribution is 2.28. The van der Waals surface area contributed by atoms with Gasteiger partial charge in [-0.3, -0.25) is 19.3 Å². The number of carbonyl (C=O) groups excluding carboxylic acids is 3. The zero-order valence-electron chi connectivity index (χ0n) is 10.2. The summed E-state index contributed by atoms with van der Waals surface area (Å²) in [6, 6.07) is 4.83. The van der Waals surface area contributed by atoms with Crippen LogP contribution in [0.25, 0.3) is 0 Å². The molecule has 5 nitrogen and oxygen atoms in total. The average Bonchev–Trinajstić information content (AvgIpc) is 2.59. The van der Waals surface area contributed by atoms with Crippen LogP contribution in [0.3, 0.4) is 0 Å². The molecule has 0 spiro atoms. The van der Waals surface area contributed by atoms with E-state index in [0.29, 0.717) is 11.4 Å². The first-order chi connectivity index (χ1) is 8.49. The molecule has 1 heterocycles. The summed E-state index contributed by atoms with van der Waals surface area (Å²) in [5.74, 6) is -0.384. The third-order valence-corrected chi connectivity index (χ3v) is 2.72. The normalized spacial score (nSPS) is 15.1. The zero-order chi connectivity index (χ0) is 13.3. The van der Waals surface area contributed by atoms with E-state index in [1.165, 1.54) is 11.8 Å². The molecule has 2 rings (SSSR count). The van der Waals surface area contributed by atoms with Crippen molar-refractivity contribution >= 4 is 23.5 Å². The molecule has 0 atom stereocenters. The van der Waals surface area contributed by atoms with E-state index in [2.05, 4.69) is 0 Å². The van der Waals surface area contributed by atoms with Gasteiger partial charge in [0.1, 0.15) is 5.75 Å². The number of ether oxygens (including phenoxy) is 1. The predicted molar refractivity (Wildman–Crippen MR) is 64.2 cm³/mol. The monoisotopic (exact) mass is 247 g/mol. The molecule has 1 aromatic carbocycles. The molecule has 0 radical (unpaired) electrons. The second-order valence-corrected chi connectivity index (χ2v) is 4.16. The number of rotatable bonds is 2. The molecule has 1 fully saturated rings. The molecule has 2 amide bonds. The quantitative estimate of drug-likeness (QED) is 0.452. The van der Waals surface area contributed by atoms with Crippen LogP contribution in [0.2, 0.25) is 0 Å². The van der Waals surface area contributed by atoms with Gasteiger partial charge in [0, 0.05) is 19.8 Å². The number of imide groups is 1. The lowest BCUT2D eigenvalue weighted by Gasteiger charge is -2.17. The number of esters is 1. The summed E-state index contributed by atoms with van der Waals surface area (Å²) < 4.78 is 4.94. The van der Waals surface area contributed by atoms with Crippen molar-refractivity contribution in [2.75, 3.05) is 4.90 Å². The largest absolute Gasteiger partial charge is 0.427 e. The van der Waals surface area contributed by atoms with Crippen molar-refractivity contribution < 1.29 is 19.1 Å². The molecule has 1 aliphatic heterocycles. The Kier molecular flexibility index (Phi) is 3.14. The first-order valence-electron chi connectivity index (χ1n) is 5.64. The van der Waals surface area contributed by atoms with Gasteiger partial charge >= 0.3 is 5.97 Å². The maximum atomic E-state index is 11.6. The Hall–Kier alpha value is -2.17. The smallest absolute Gasteiger partial charge is 0.308 e. The second kappa shape index (κ2) is 4.60. The number of aryl methyl sites for hydroxylation is 1. The Labute approximate surface area is 104 Å². The maximum absolute atomic E-state index is 11.6. The van der Waals surface area contributed by atoms with Crippen molar-refractivity contribution in [3.63, 3.8) is 0 Å². The van der Waals surface area contributed by atoms with E-state index in [1.807, 2.05) is 0 Å². The predicted octanol–water partition coefficient (Wildman–Crippen LogP) is 1.57. The Morgan fingerprint density at radius 2 is 1.83 bits per heavy atom. The molecule has 1 aliphatic rings. The number of amides is 2. The van der Waals surface area contributed by atoms with Gasteiger partial charge in [-0.2, -0.15) is 0 Å². The standard InChI is InChI=1S/C13H13NO4/c1-8-7-10(18-9(2)15)3-4-11(8)14-12(16)5-6-13(14)17/h3-4,7H,5-6H2,1-2H3. The molecular formula is C13H13NO4. The molecule has 0 saturated carbocycles. The van der Waals surface area contributed by atoms with Gasteiger partial charge in [-0.25, -0.2) is 0 Å². The van der Waals surface area contributed by atoms with E-state index in [4.69, 9.17) is 4.74 Å². The fourth-order valence-corrected chi connectivity index (χ4v) is 1.95. The first-order valence-corrected chi connectivity index (χ1v) is 5.64. The van der Waals surface area contributed by atoms with Crippen molar-refractivity contribution in [2.45, 2.75) is 26.7 Å². The van der Waals surface area contributed by atoms with Crippen molar-refractivity contribution in [1.29, 1.82) is 0 Å². The summed E-state index contributed by atoms with van der Waals surface area (Å²) in [5.41, 5.74) is 1.27. The Morgan fingerprint density at radius 3 is 2.33 bits per heavy atom. The number of nitrogens with zero attached hydrogens (tertiary/aromatic N) is 1. The van der Waals surface area contributed by atoms with Crippen molar-refractivity contribution in [2.24, 2.45) is 0 Å². The van der Waals surface area contributed by atoms with Crippen LogP contribution in [0.15, 0.2) is 18.2 Å². The van der Waals surface area contributed by atoms with Crippen molar-refractivity contribution in [3.8, 4) is 5.75 Å². The van der Waals surface area contributed by atoms with Gasteiger partial charge in [0.2, 0.25) is 11.8 Å². The van der Waals surface area contributed by atoms with Crippen LogP contribution in [-0.2, 0) is 14.4 Å². The SMILES string of the molecule is CC(=O)Oc1ccc(N2C(=O)CCC2=O)c(C)c1. The molecule has 0 bridgehead atoms. The topological polar surface area (TPSA) is 63.7 Å². The highest BCUT2D eigenvalue weighted by molar-refractivity contribution is 6.20. The molecule has 1 saturated heterocycles. The number of hydrogen-bond acceptors (Lipinski definition) is 4. The number of hydrogen-bond donors (Lipinski definition) is 0. The van der Waals surface area contributed by atoms with E-state index in [0.717, 1.165) is 5.56 Å². The lowest BCUT2D eigenvalue weighted by molar-refractivity contribution is -0.132. The van der Waals surface area contributed by atoms with Gasteiger partial charge in [-0.15, -0.1) is 0 Å². The van der Waals surface area contributed by atoms with Crippen molar-refractivity contribution in [3.05, 3.63) is 23.8 Å². The Balaban J connectivity index is 2.32. The third kappa shape index (κ3) is 2.25. The molecule has 18 heavy (non-hydrogen) atoms. The summed E-state index contributed by atoms with van der Waals surface area (Å²) in [5, 5.41) is 0. The second-order valence-electron chi connectivity index (χ2n) is 4.16. The molecule has 0 N–H and O–H groups in total. The average molecular weight is 247 g/mol. The minimum absolute atomic E-state index is 0.191. The highest BCUT2D eigenvalue weighted by Gasteiger charge is 2.31. The van der Waals surface area contributed by atoms with Crippen LogP contribution in [0.5, 0.6) is 5.75 Å². The Bertz CT molecular complexity index is 520. The van der Waals surface area contributed by atoms with Crippen molar-refractivity contribution in [1.82, 2.24) is 0 Å². The Morgan fingerprint density at radius 1 is 1.22 bits per heavy atom. The molecule has 94 valence electrons. The number of carbonyl (C=O) groups is 3. The summed E-state index contributed by atoms with van der Waals surface area (Å²) in [4.78, 5) is 35.3. The summed E-state index contributed by atoms with van der Waals surface area (Å²) in [6.07, 6.45) is 0.508. The van der Waals surface area contributed by atoms with Gasteiger partial charge < -0.3 is 4.74 Å². The van der Waals surface area contributed by atoms with Crippen LogP contribution in [0.1, 0.15) is 25.3 Å². The molecule has 5 heteroatoms. The molecule has 0 aromatic heterocycles. The van der Waals surface area contributed by atoms with E-state index in [9.17, 15) is 14.4 Å². The lowest BCUT2D eigenvalue weighted by Crippen LogP contribution is -2.29. The van der Waals surface area contributed by atoms with E-state index >= 15 is 0 Å². The lowest BCUT2D eigenvalue weighted by atomic mass is 10.1. The number of benzene rings is 1. The fraction of sp³-hybridized carbons (Fsp3) is 0.308. The van der Waals surface area contributed by atoms with Gasteiger partial charge in [0.15, 0.2) is 0 Å². The van der Waals surface area contributed by atoms with Gasteiger partial charge in [0.25, 0.3) is 0 Å². The van der Waals surface area contributed by atoms with E-state index < -0.39 is 5.97 Å². The van der Waals surface area contributed by atoms with Crippen LogP contribution >= 0.6 is 0 Å². The summed E-state index contributed by atoms with van der Waals surface area (Å²) in [6.45, 7) is 3.08. The zero-order valence-corrected chi connectivity index (χ0v) is 10.2. The summed E-state index contributed by atoms with van der Waals surface area (Å²) >= 11 is 0. The van der Waals surface area contributed by atoms with Gasteiger partial charge in [0.05, 0.1) is 5.69 Å². The summed E-state index contributed by atoms with van der Waals surface area (Å²) in [7, 11) is 0. The van der Waals surface area contributed by atoms with E-state index in [-0.39, 0.29) is 24.7 Å². The minimum atomic E-state index is -0.407. The minimum Gasteiger partial charge on any atom is -0.427 e. The van der Waals surface area contributed by atoms with Crippen LogP contribution in [0.4, 0.5) is 5.69 Å². The number of anilines is 1. The molecule has 0 unspecified atom stereocenters.